The predicted molar refractivity (Wildman–Crippen MR) is 105 cm³/mol. The lowest BCUT2D eigenvalue weighted by Crippen LogP contribution is -2.34. The van der Waals surface area contributed by atoms with Gasteiger partial charge in [-0.3, -0.25) is 9.78 Å². The Bertz CT molecular complexity index is 817. The Morgan fingerprint density at radius 1 is 0.962 bits per heavy atom. The molecule has 0 spiro atoms. The number of aromatic nitrogens is 1. The van der Waals surface area contributed by atoms with E-state index in [1.807, 2.05) is 79.7 Å². The van der Waals surface area contributed by atoms with Gasteiger partial charge in [0.1, 0.15) is 6.04 Å². The molecule has 4 nitrogen and oxygen atoms in total. The lowest BCUT2D eigenvalue weighted by molar-refractivity contribution is -0.118. The van der Waals surface area contributed by atoms with Crippen LogP contribution in [0, 0.1) is 6.92 Å². The number of amides is 1. The van der Waals surface area contributed by atoms with Crippen molar-refractivity contribution in [3.8, 4) is 0 Å². The molecule has 1 aromatic heterocycles. The minimum Gasteiger partial charge on any atom is -0.324 e. The second-order valence-electron chi connectivity index (χ2n) is 6.22. The van der Waals surface area contributed by atoms with Crippen molar-refractivity contribution in [2.24, 2.45) is 0 Å². The predicted octanol–water partition coefficient (Wildman–Crippen LogP) is 3.90. The first-order chi connectivity index (χ1) is 12.7. The van der Waals surface area contributed by atoms with Crippen molar-refractivity contribution in [2.75, 3.05) is 11.9 Å². The molecule has 0 unspecified atom stereocenters. The molecule has 132 valence electrons. The third-order valence-corrected chi connectivity index (χ3v) is 4.17. The summed E-state index contributed by atoms with van der Waals surface area (Å²) >= 11 is 0. The second kappa shape index (κ2) is 8.92. The lowest BCUT2D eigenvalue weighted by Gasteiger charge is -2.19. The number of nitrogens with one attached hydrogen (secondary N) is 2. The van der Waals surface area contributed by atoms with Gasteiger partial charge in [0, 0.05) is 30.5 Å². The second-order valence-corrected chi connectivity index (χ2v) is 6.22. The summed E-state index contributed by atoms with van der Waals surface area (Å²) in [6.45, 7) is 2.69. The van der Waals surface area contributed by atoms with Crippen molar-refractivity contribution in [1.82, 2.24) is 10.3 Å². The smallest absolute Gasteiger partial charge is 0.246 e. The SMILES string of the molecule is Cc1ccc(NC(=O)[C@@H](NCCc2ccccn2)c2ccccc2)cc1. The Balaban J connectivity index is 1.68. The normalized spacial score (nSPS) is 11.7. The fourth-order valence-corrected chi connectivity index (χ4v) is 2.75. The number of pyridine rings is 1. The molecule has 26 heavy (non-hydrogen) atoms. The van der Waals surface area contributed by atoms with E-state index >= 15 is 0 Å². The number of anilines is 1. The van der Waals surface area contributed by atoms with E-state index in [0.717, 1.165) is 28.9 Å². The van der Waals surface area contributed by atoms with Gasteiger partial charge >= 0.3 is 0 Å². The Morgan fingerprint density at radius 2 is 1.69 bits per heavy atom. The number of rotatable bonds is 7. The van der Waals surface area contributed by atoms with E-state index < -0.39 is 6.04 Å². The molecule has 0 aliphatic rings. The van der Waals surface area contributed by atoms with Gasteiger partial charge in [-0.1, -0.05) is 54.1 Å². The summed E-state index contributed by atoms with van der Waals surface area (Å²) < 4.78 is 0. The lowest BCUT2D eigenvalue weighted by atomic mass is 10.1. The van der Waals surface area contributed by atoms with Crippen LogP contribution in [0.1, 0.15) is 22.9 Å². The Hall–Kier alpha value is -2.98. The van der Waals surface area contributed by atoms with E-state index in [-0.39, 0.29) is 5.91 Å². The number of benzene rings is 2. The third-order valence-electron chi connectivity index (χ3n) is 4.17. The summed E-state index contributed by atoms with van der Waals surface area (Å²) in [5.74, 6) is -0.0685. The first-order valence-electron chi connectivity index (χ1n) is 8.78. The van der Waals surface area contributed by atoms with Gasteiger partial charge in [-0.15, -0.1) is 0 Å². The quantitative estimate of drug-likeness (QED) is 0.683. The van der Waals surface area contributed by atoms with Crippen molar-refractivity contribution in [3.63, 3.8) is 0 Å². The zero-order valence-corrected chi connectivity index (χ0v) is 14.9. The number of carbonyl (C=O) groups is 1. The molecule has 0 saturated carbocycles. The molecule has 0 radical (unpaired) electrons. The zero-order valence-electron chi connectivity index (χ0n) is 14.9. The highest BCUT2D eigenvalue weighted by atomic mass is 16.2. The molecule has 0 aliphatic heterocycles. The highest BCUT2D eigenvalue weighted by Crippen LogP contribution is 2.16. The van der Waals surface area contributed by atoms with Gasteiger partial charge in [0.15, 0.2) is 0 Å². The molecule has 0 aliphatic carbocycles. The molecule has 4 heteroatoms. The average Bonchev–Trinajstić information content (AvgIpc) is 2.68. The van der Waals surface area contributed by atoms with Crippen LogP contribution in [0.15, 0.2) is 79.0 Å². The van der Waals surface area contributed by atoms with Crippen LogP contribution in [0.5, 0.6) is 0 Å². The van der Waals surface area contributed by atoms with Crippen LogP contribution in [0.3, 0.4) is 0 Å². The standard InChI is InChI=1S/C22H23N3O/c1-17-10-12-20(13-11-17)25-22(26)21(18-7-3-2-4-8-18)24-16-14-19-9-5-6-15-23-19/h2-13,15,21,24H,14,16H2,1H3,(H,25,26)/t21-/m0/s1. The molecule has 2 N–H and O–H groups in total. The van der Waals surface area contributed by atoms with Gasteiger partial charge in [-0.25, -0.2) is 0 Å². The monoisotopic (exact) mass is 345 g/mol. The Morgan fingerprint density at radius 3 is 2.38 bits per heavy atom. The van der Waals surface area contributed by atoms with Gasteiger partial charge in [0.05, 0.1) is 0 Å². The van der Waals surface area contributed by atoms with Crippen molar-refractivity contribution >= 4 is 11.6 Å². The van der Waals surface area contributed by atoms with Crippen LogP contribution < -0.4 is 10.6 Å². The zero-order chi connectivity index (χ0) is 18.2. The topological polar surface area (TPSA) is 54.0 Å². The van der Waals surface area contributed by atoms with Gasteiger partial charge in [-0.05, 0) is 36.8 Å². The maximum absolute atomic E-state index is 12.9. The number of hydrogen-bond acceptors (Lipinski definition) is 3. The van der Waals surface area contributed by atoms with Crippen LogP contribution in [0.25, 0.3) is 0 Å². The van der Waals surface area contributed by atoms with Crippen LogP contribution in [0.2, 0.25) is 0 Å². The summed E-state index contributed by atoms with van der Waals surface area (Å²) in [5.41, 5.74) is 3.91. The minimum atomic E-state index is -0.416. The number of nitrogens with zero attached hydrogens (tertiary/aromatic N) is 1. The highest BCUT2D eigenvalue weighted by Gasteiger charge is 2.20. The molecular formula is C22H23N3O. The first kappa shape index (κ1) is 17.8. The summed E-state index contributed by atoms with van der Waals surface area (Å²) in [6, 6.07) is 23.0. The summed E-state index contributed by atoms with van der Waals surface area (Å²) in [4.78, 5) is 17.2. The number of hydrogen-bond donors (Lipinski definition) is 2. The molecule has 0 bridgehead atoms. The van der Waals surface area contributed by atoms with Crippen molar-refractivity contribution < 1.29 is 4.79 Å². The summed E-state index contributed by atoms with van der Waals surface area (Å²) in [5, 5.41) is 6.36. The van der Waals surface area contributed by atoms with Crippen molar-refractivity contribution in [2.45, 2.75) is 19.4 Å². The van der Waals surface area contributed by atoms with Gasteiger partial charge < -0.3 is 10.6 Å². The maximum atomic E-state index is 12.9. The molecule has 1 amide bonds. The Labute approximate surface area is 154 Å². The average molecular weight is 345 g/mol. The van der Waals surface area contributed by atoms with Crippen LogP contribution in [-0.2, 0) is 11.2 Å². The van der Waals surface area contributed by atoms with Crippen LogP contribution in [0.4, 0.5) is 5.69 Å². The summed E-state index contributed by atoms with van der Waals surface area (Å²) in [7, 11) is 0. The van der Waals surface area contributed by atoms with Gasteiger partial charge in [0.25, 0.3) is 0 Å². The third kappa shape index (κ3) is 5.01. The largest absolute Gasteiger partial charge is 0.324 e. The molecule has 3 rings (SSSR count). The first-order valence-corrected chi connectivity index (χ1v) is 8.78. The van der Waals surface area contributed by atoms with E-state index in [9.17, 15) is 4.79 Å². The molecule has 0 fully saturated rings. The van der Waals surface area contributed by atoms with E-state index in [2.05, 4.69) is 15.6 Å². The molecule has 0 saturated heterocycles. The number of carbonyl (C=O) groups excluding carboxylic acids is 1. The summed E-state index contributed by atoms with van der Waals surface area (Å²) in [6.07, 6.45) is 2.55. The fraction of sp³-hybridized carbons (Fsp3) is 0.182. The molecular weight excluding hydrogens is 322 g/mol. The Kier molecular flexibility index (Phi) is 6.12. The van der Waals surface area contributed by atoms with Gasteiger partial charge in [0.2, 0.25) is 5.91 Å². The van der Waals surface area contributed by atoms with E-state index in [1.54, 1.807) is 6.20 Å². The van der Waals surface area contributed by atoms with Gasteiger partial charge in [-0.2, -0.15) is 0 Å². The molecule has 1 atom stereocenters. The van der Waals surface area contributed by atoms with E-state index in [4.69, 9.17) is 0 Å². The highest BCUT2D eigenvalue weighted by molar-refractivity contribution is 5.95. The van der Waals surface area contributed by atoms with Crippen molar-refractivity contribution in [1.29, 1.82) is 0 Å². The molecule has 1 heterocycles. The fourth-order valence-electron chi connectivity index (χ4n) is 2.75. The van der Waals surface area contributed by atoms with Crippen LogP contribution in [-0.4, -0.2) is 17.4 Å². The minimum absolute atomic E-state index is 0.0685. The van der Waals surface area contributed by atoms with E-state index in [1.165, 1.54) is 0 Å². The van der Waals surface area contributed by atoms with Crippen LogP contribution >= 0.6 is 0 Å². The molecule has 3 aromatic rings. The number of aryl methyl sites for hydroxylation is 1. The molecule has 2 aromatic carbocycles. The maximum Gasteiger partial charge on any atom is 0.246 e. The van der Waals surface area contributed by atoms with Crippen molar-refractivity contribution in [3.05, 3.63) is 95.8 Å². The van der Waals surface area contributed by atoms with E-state index in [0.29, 0.717) is 6.54 Å².